The second-order valence-electron chi connectivity index (χ2n) is 6.94. The molecule has 1 aliphatic rings. The van der Waals surface area contributed by atoms with Crippen LogP contribution in [0.4, 0.5) is 0 Å². The van der Waals surface area contributed by atoms with Crippen LogP contribution in [0.3, 0.4) is 0 Å². The highest BCUT2D eigenvalue weighted by atomic mass is 35.5. The van der Waals surface area contributed by atoms with Gasteiger partial charge in [0.2, 0.25) is 0 Å². The van der Waals surface area contributed by atoms with Crippen LogP contribution in [0.5, 0.6) is 0 Å². The predicted octanol–water partition coefficient (Wildman–Crippen LogP) is 5.69. The first-order valence-corrected chi connectivity index (χ1v) is 9.60. The van der Waals surface area contributed by atoms with Gasteiger partial charge < -0.3 is 4.90 Å². The van der Waals surface area contributed by atoms with Gasteiger partial charge in [-0.1, -0.05) is 48.0 Å². The average Bonchev–Trinajstić information content (AvgIpc) is 3.18. The number of hydrogen-bond donors (Lipinski definition) is 0. The molecule has 3 nitrogen and oxygen atoms in total. The first-order valence-electron chi connectivity index (χ1n) is 9.22. The summed E-state index contributed by atoms with van der Waals surface area (Å²) in [6.07, 6.45) is 3.80. The summed E-state index contributed by atoms with van der Waals surface area (Å²) in [7, 11) is 0. The monoisotopic (exact) mass is 376 g/mol. The third kappa shape index (κ3) is 3.60. The summed E-state index contributed by atoms with van der Waals surface area (Å²) >= 11 is 6.38. The van der Waals surface area contributed by atoms with Crippen LogP contribution in [-0.2, 0) is 0 Å². The van der Waals surface area contributed by atoms with Gasteiger partial charge >= 0.3 is 0 Å². The van der Waals surface area contributed by atoms with Crippen LogP contribution in [0.25, 0.3) is 11.1 Å². The maximum Gasteiger partial charge on any atom is 0.254 e. The number of amides is 1. The number of aryl methyl sites for hydroxylation is 1. The van der Waals surface area contributed by atoms with Crippen LogP contribution in [0.15, 0.2) is 66.9 Å². The van der Waals surface area contributed by atoms with E-state index in [1.54, 1.807) is 0 Å². The zero-order valence-corrected chi connectivity index (χ0v) is 16.0. The van der Waals surface area contributed by atoms with E-state index < -0.39 is 0 Å². The smallest absolute Gasteiger partial charge is 0.254 e. The van der Waals surface area contributed by atoms with Gasteiger partial charge in [0.15, 0.2) is 0 Å². The lowest BCUT2D eigenvalue weighted by Gasteiger charge is -2.26. The van der Waals surface area contributed by atoms with Gasteiger partial charge in [0.1, 0.15) is 0 Å². The Bertz CT molecular complexity index is 951. The number of likely N-dealkylation sites (tertiary alicyclic amines) is 1. The molecule has 0 unspecified atom stereocenters. The van der Waals surface area contributed by atoms with Crippen molar-refractivity contribution in [3.8, 4) is 11.1 Å². The summed E-state index contributed by atoms with van der Waals surface area (Å²) in [5, 5.41) is 0.726. The topological polar surface area (TPSA) is 33.2 Å². The zero-order chi connectivity index (χ0) is 18.8. The molecule has 0 aliphatic carbocycles. The van der Waals surface area contributed by atoms with Crippen LogP contribution in [0, 0.1) is 6.92 Å². The van der Waals surface area contributed by atoms with Crippen molar-refractivity contribution < 1.29 is 4.79 Å². The molecular weight excluding hydrogens is 356 g/mol. The maximum atomic E-state index is 13.1. The molecule has 3 aromatic rings. The Labute approximate surface area is 164 Å². The Balaban J connectivity index is 1.57. The lowest BCUT2D eigenvalue weighted by Crippen LogP contribution is -2.30. The molecule has 136 valence electrons. The van der Waals surface area contributed by atoms with Crippen molar-refractivity contribution in [1.29, 1.82) is 0 Å². The maximum absolute atomic E-state index is 13.1. The van der Waals surface area contributed by atoms with E-state index in [0.29, 0.717) is 5.56 Å². The van der Waals surface area contributed by atoms with Crippen molar-refractivity contribution in [3.63, 3.8) is 0 Å². The molecule has 1 aromatic heterocycles. The van der Waals surface area contributed by atoms with E-state index in [-0.39, 0.29) is 11.9 Å². The molecule has 0 N–H and O–H groups in total. The van der Waals surface area contributed by atoms with E-state index in [9.17, 15) is 4.79 Å². The van der Waals surface area contributed by atoms with Gasteiger partial charge in [-0.25, -0.2) is 0 Å². The van der Waals surface area contributed by atoms with E-state index in [2.05, 4.69) is 4.98 Å². The van der Waals surface area contributed by atoms with E-state index >= 15 is 0 Å². The van der Waals surface area contributed by atoms with Gasteiger partial charge in [-0.3, -0.25) is 9.78 Å². The first kappa shape index (κ1) is 17.7. The summed E-state index contributed by atoms with van der Waals surface area (Å²) < 4.78 is 0. The Morgan fingerprint density at radius 3 is 2.48 bits per heavy atom. The number of carbonyl (C=O) groups is 1. The largest absolute Gasteiger partial charge is 0.332 e. The number of benzene rings is 2. The molecular formula is C23H21ClN2O. The highest BCUT2D eigenvalue weighted by Crippen LogP contribution is 2.36. The van der Waals surface area contributed by atoms with Crippen molar-refractivity contribution in [1.82, 2.24) is 9.88 Å². The van der Waals surface area contributed by atoms with Crippen molar-refractivity contribution in [3.05, 3.63) is 88.7 Å². The molecule has 0 bridgehead atoms. The summed E-state index contributed by atoms with van der Waals surface area (Å²) in [5.41, 5.74) is 4.84. The van der Waals surface area contributed by atoms with Crippen LogP contribution in [-0.4, -0.2) is 22.3 Å². The molecule has 1 atom stereocenters. The fraction of sp³-hybridized carbons (Fsp3) is 0.217. The van der Waals surface area contributed by atoms with Crippen molar-refractivity contribution >= 4 is 17.5 Å². The number of halogens is 1. The van der Waals surface area contributed by atoms with Crippen molar-refractivity contribution in [2.45, 2.75) is 25.8 Å². The minimum absolute atomic E-state index is 0.0483. The molecule has 1 saturated heterocycles. The van der Waals surface area contributed by atoms with Gasteiger partial charge in [0.05, 0.1) is 6.04 Å². The standard InChI is InChI=1S/C23H21ClN2O/c1-16-8-9-19(15-25-16)17-10-12-18(13-11-17)23(27)26-14-4-7-22(26)20-5-2-3-6-21(20)24/h2-3,5-6,8-13,15,22H,4,7,14H2,1H3/t22-/m1/s1. The SMILES string of the molecule is Cc1ccc(-c2ccc(C(=O)N3CCC[C@@H]3c3ccccc3Cl)cc2)cn1. The fourth-order valence-corrected chi connectivity index (χ4v) is 3.95. The fourth-order valence-electron chi connectivity index (χ4n) is 3.69. The Hall–Kier alpha value is -2.65. The van der Waals surface area contributed by atoms with E-state index in [1.807, 2.05) is 78.7 Å². The molecule has 0 saturated carbocycles. The van der Waals surface area contributed by atoms with Crippen LogP contribution < -0.4 is 0 Å². The predicted molar refractivity (Wildman–Crippen MR) is 109 cm³/mol. The minimum atomic E-state index is 0.0483. The molecule has 4 rings (SSSR count). The summed E-state index contributed by atoms with van der Waals surface area (Å²) in [6.45, 7) is 2.73. The minimum Gasteiger partial charge on any atom is -0.332 e. The van der Waals surface area contributed by atoms with Crippen LogP contribution in [0.1, 0.15) is 40.5 Å². The van der Waals surface area contributed by atoms with Gasteiger partial charge in [-0.05, 0) is 55.2 Å². The Morgan fingerprint density at radius 2 is 1.78 bits per heavy atom. The third-order valence-corrected chi connectivity index (χ3v) is 5.50. The molecule has 1 aliphatic heterocycles. The summed E-state index contributed by atoms with van der Waals surface area (Å²) in [4.78, 5) is 19.4. The molecule has 0 spiro atoms. The second-order valence-corrected chi connectivity index (χ2v) is 7.35. The lowest BCUT2D eigenvalue weighted by molar-refractivity contribution is 0.0736. The summed E-state index contributed by atoms with van der Waals surface area (Å²) in [5.74, 6) is 0.0611. The van der Waals surface area contributed by atoms with Gasteiger partial charge in [0.25, 0.3) is 5.91 Å². The molecule has 2 heterocycles. The van der Waals surface area contributed by atoms with Gasteiger partial charge in [-0.15, -0.1) is 0 Å². The van der Waals surface area contributed by atoms with Crippen molar-refractivity contribution in [2.75, 3.05) is 6.54 Å². The lowest BCUT2D eigenvalue weighted by atomic mass is 10.0. The number of rotatable bonds is 3. The molecule has 0 radical (unpaired) electrons. The number of pyridine rings is 1. The number of carbonyl (C=O) groups excluding carboxylic acids is 1. The quantitative estimate of drug-likeness (QED) is 0.588. The second kappa shape index (κ2) is 7.53. The summed E-state index contributed by atoms with van der Waals surface area (Å²) in [6, 6.07) is 19.7. The Morgan fingerprint density at radius 1 is 1.04 bits per heavy atom. The van der Waals surface area contributed by atoms with Crippen LogP contribution >= 0.6 is 11.6 Å². The molecule has 4 heteroatoms. The number of nitrogens with zero attached hydrogens (tertiary/aromatic N) is 2. The molecule has 1 amide bonds. The normalized spacial score (nSPS) is 16.5. The molecule has 1 fully saturated rings. The molecule has 27 heavy (non-hydrogen) atoms. The highest BCUT2D eigenvalue weighted by molar-refractivity contribution is 6.31. The first-order chi connectivity index (χ1) is 13.1. The number of aromatic nitrogens is 1. The Kier molecular flexibility index (Phi) is 4.95. The van der Waals surface area contributed by atoms with E-state index in [4.69, 9.17) is 11.6 Å². The van der Waals surface area contributed by atoms with E-state index in [1.165, 1.54) is 0 Å². The molecule has 2 aromatic carbocycles. The highest BCUT2D eigenvalue weighted by Gasteiger charge is 2.31. The number of hydrogen-bond acceptors (Lipinski definition) is 2. The average molecular weight is 377 g/mol. The van der Waals surface area contributed by atoms with Crippen molar-refractivity contribution in [2.24, 2.45) is 0 Å². The van der Waals surface area contributed by atoms with Gasteiger partial charge in [-0.2, -0.15) is 0 Å². The van der Waals surface area contributed by atoms with Crippen LogP contribution in [0.2, 0.25) is 5.02 Å². The van der Waals surface area contributed by atoms with Gasteiger partial charge in [0, 0.05) is 34.6 Å². The van der Waals surface area contributed by atoms with E-state index in [0.717, 1.165) is 46.8 Å². The zero-order valence-electron chi connectivity index (χ0n) is 15.2. The third-order valence-electron chi connectivity index (χ3n) is 5.15.